The van der Waals surface area contributed by atoms with Crippen molar-refractivity contribution in [3.63, 3.8) is 0 Å². The van der Waals surface area contributed by atoms with E-state index in [0.717, 1.165) is 23.5 Å². The lowest BCUT2D eigenvalue weighted by molar-refractivity contribution is 0.0954. The fraction of sp³-hybridized carbons (Fsp3) is 0.385. The van der Waals surface area contributed by atoms with Gasteiger partial charge in [0.2, 0.25) is 0 Å². The first-order valence-corrected chi connectivity index (χ1v) is 6.99. The Hall–Kier alpha value is -1.56. The SMILES string of the molecule is CN1CCN=C1NCCNC(=O)c1cccc(Br)c1. The lowest BCUT2D eigenvalue weighted by atomic mass is 10.2. The molecule has 102 valence electrons. The van der Waals surface area contributed by atoms with Crippen LogP contribution in [0.1, 0.15) is 10.4 Å². The second-order valence-corrected chi connectivity index (χ2v) is 5.24. The highest BCUT2D eigenvalue weighted by Crippen LogP contribution is 2.11. The smallest absolute Gasteiger partial charge is 0.251 e. The van der Waals surface area contributed by atoms with Crippen LogP contribution in [0.5, 0.6) is 0 Å². The van der Waals surface area contributed by atoms with Crippen molar-refractivity contribution < 1.29 is 4.79 Å². The summed E-state index contributed by atoms with van der Waals surface area (Å²) in [4.78, 5) is 18.2. The number of aliphatic imine (C=N–C) groups is 1. The lowest BCUT2D eigenvalue weighted by Gasteiger charge is -2.15. The van der Waals surface area contributed by atoms with Crippen molar-refractivity contribution in [2.24, 2.45) is 4.99 Å². The van der Waals surface area contributed by atoms with Gasteiger partial charge in [0.1, 0.15) is 0 Å². The number of amides is 1. The van der Waals surface area contributed by atoms with Crippen molar-refractivity contribution in [1.29, 1.82) is 0 Å². The molecule has 0 unspecified atom stereocenters. The molecule has 0 aromatic heterocycles. The zero-order valence-electron chi connectivity index (χ0n) is 10.8. The molecule has 1 amide bonds. The van der Waals surface area contributed by atoms with Crippen molar-refractivity contribution in [2.75, 3.05) is 33.2 Å². The Kier molecular flexibility index (Phi) is 4.79. The van der Waals surface area contributed by atoms with Gasteiger partial charge in [0, 0.05) is 36.7 Å². The van der Waals surface area contributed by atoms with Crippen molar-refractivity contribution in [3.8, 4) is 0 Å². The summed E-state index contributed by atoms with van der Waals surface area (Å²) >= 11 is 3.35. The molecular formula is C13H17BrN4O. The number of nitrogens with zero attached hydrogens (tertiary/aromatic N) is 2. The number of likely N-dealkylation sites (N-methyl/N-ethyl adjacent to an activating group) is 1. The highest BCUT2D eigenvalue weighted by atomic mass is 79.9. The maximum atomic E-state index is 11.9. The van der Waals surface area contributed by atoms with Crippen LogP contribution in [0.15, 0.2) is 33.7 Å². The van der Waals surface area contributed by atoms with Crippen LogP contribution in [0.3, 0.4) is 0 Å². The molecule has 0 fully saturated rings. The standard InChI is InChI=1S/C13H17BrN4O/c1-18-8-7-17-13(18)16-6-5-15-12(19)10-3-2-4-11(14)9-10/h2-4,9H,5-8H2,1H3,(H,15,19)(H,16,17). The number of benzene rings is 1. The van der Waals surface area contributed by atoms with Crippen LogP contribution in [-0.2, 0) is 0 Å². The number of guanidine groups is 1. The minimum absolute atomic E-state index is 0.0650. The summed E-state index contributed by atoms with van der Waals surface area (Å²) in [5.74, 6) is 0.835. The van der Waals surface area contributed by atoms with Gasteiger partial charge in [0.25, 0.3) is 5.91 Å². The highest BCUT2D eigenvalue weighted by Gasteiger charge is 2.11. The maximum Gasteiger partial charge on any atom is 0.251 e. The van der Waals surface area contributed by atoms with E-state index in [9.17, 15) is 4.79 Å². The summed E-state index contributed by atoms with van der Waals surface area (Å²) in [6.07, 6.45) is 0. The third kappa shape index (κ3) is 3.96. The molecule has 0 bridgehead atoms. The van der Waals surface area contributed by atoms with Crippen LogP contribution < -0.4 is 10.6 Å². The highest BCUT2D eigenvalue weighted by molar-refractivity contribution is 9.10. The Morgan fingerprint density at radius 2 is 2.32 bits per heavy atom. The number of halogens is 1. The van der Waals surface area contributed by atoms with Crippen molar-refractivity contribution in [1.82, 2.24) is 15.5 Å². The quantitative estimate of drug-likeness (QED) is 0.814. The molecule has 1 aromatic rings. The molecule has 1 aromatic carbocycles. The topological polar surface area (TPSA) is 56.7 Å². The van der Waals surface area contributed by atoms with Gasteiger partial charge < -0.3 is 15.5 Å². The van der Waals surface area contributed by atoms with Crippen LogP contribution in [-0.4, -0.2) is 50.0 Å². The third-order valence-electron chi connectivity index (χ3n) is 2.84. The Morgan fingerprint density at radius 1 is 1.47 bits per heavy atom. The summed E-state index contributed by atoms with van der Waals surface area (Å²) in [6, 6.07) is 7.34. The predicted octanol–water partition coefficient (Wildman–Crippen LogP) is 1.07. The number of carbonyl (C=O) groups is 1. The van der Waals surface area contributed by atoms with E-state index >= 15 is 0 Å². The fourth-order valence-electron chi connectivity index (χ4n) is 1.81. The molecule has 2 rings (SSSR count). The van der Waals surface area contributed by atoms with Gasteiger partial charge in [-0.15, -0.1) is 0 Å². The predicted molar refractivity (Wildman–Crippen MR) is 79.4 cm³/mol. The first-order valence-electron chi connectivity index (χ1n) is 6.20. The van der Waals surface area contributed by atoms with Crippen LogP contribution in [0.25, 0.3) is 0 Å². The van der Waals surface area contributed by atoms with Gasteiger partial charge in [-0.2, -0.15) is 0 Å². The lowest BCUT2D eigenvalue weighted by Crippen LogP contribution is -2.40. The van der Waals surface area contributed by atoms with Crippen molar-refractivity contribution >= 4 is 27.8 Å². The van der Waals surface area contributed by atoms with Crippen LogP contribution >= 0.6 is 15.9 Å². The van der Waals surface area contributed by atoms with Crippen LogP contribution in [0.2, 0.25) is 0 Å². The molecule has 0 saturated heterocycles. The van der Waals surface area contributed by atoms with E-state index < -0.39 is 0 Å². The van der Waals surface area contributed by atoms with E-state index in [4.69, 9.17) is 0 Å². The molecule has 6 heteroatoms. The van der Waals surface area contributed by atoms with Gasteiger partial charge in [0.15, 0.2) is 5.96 Å². The van der Waals surface area contributed by atoms with Crippen molar-refractivity contribution in [3.05, 3.63) is 34.3 Å². The maximum absolute atomic E-state index is 11.9. The molecule has 2 N–H and O–H groups in total. The average Bonchev–Trinajstić information content (AvgIpc) is 2.80. The summed E-state index contributed by atoms with van der Waals surface area (Å²) in [5, 5.41) is 6.07. The first-order chi connectivity index (χ1) is 9.16. The van der Waals surface area contributed by atoms with Crippen molar-refractivity contribution in [2.45, 2.75) is 0 Å². The summed E-state index contributed by atoms with van der Waals surface area (Å²) in [6.45, 7) is 3.02. The second-order valence-electron chi connectivity index (χ2n) is 4.32. The summed E-state index contributed by atoms with van der Waals surface area (Å²) in [7, 11) is 2.00. The molecule has 0 radical (unpaired) electrons. The summed E-state index contributed by atoms with van der Waals surface area (Å²) in [5.41, 5.74) is 0.657. The van der Waals surface area contributed by atoms with Gasteiger partial charge in [-0.1, -0.05) is 22.0 Å². The Balaban J connectivity index is 1.72. The van der Waals surface area contributed by atoms with E-state index in [2.05, 4.69) is 36.5 Å². The third-order valence-corrected chi connectivity index (χ3v) is 3.33. The number of nitrogens with one attached hydrogen (secondary N) is 2. The van der Waals surface area contributed by atoms with E-state index in [-0.39, 0.29) is 5.91 Å². The largest absolute Gasteiger partial charge is 0.354 e. The van der Waals surface area contributed by atoms with E-state index in [0.29, 0.717) is 18.7 Å². The number of hydrogen-bond donors (Lipinski definition) is 2. The molecule has 0 saturated carbocycles. The summed E-state index contributed by atoms with van der Waals surface area (Å²) < 4.78 is 0.903. The minimum Gasteiger partial charge on any atom is -0.354 e. The zero-order valence-corrected chi connectivity index (χ0v) is 12.4. The zero-order chi connectivity index (χ0) is 13.7. The monoisotopic (exact) mass is 324 g/mol. The van der Waals surface area contributed by atoms with Gasteiger partial charge >= 0.3 is 0 Å². The van der Waals surface area contributed by atoms with Gasteiger partial charge in [-0.05, 0) is 18.2 Å². The molecule has 0 aliphatic carbocycles. The fourth-order valence-corrected chi connectivity index (χ4v) is 2.20. The second kappa shape index (κ2) is 6.56. The Labute approximate surface area is 121 Å². The molecule has 0 spiro atoms. The Morgan fingerprint density at radius 3 is 3.00 bits per heavy atom. The molecule has 1 aliphatic heterocycles. The average molecular weight is 325 g/mol. The minimum atomic E-state index is -0.0650. The molecule has 1 heterocycles. The van der Waals surface area contributed by atoms with E-state index in [1.807, 2.05) is 19.2 Å². The number of carbonyl (C=O) groups excluding carboxylic acids is 1. The molecular weight excluding hydrogens is 308 g/mol. The van der Waals surface area contributed by atoms with Crippen LogP contribution in [0.4, 0.5) is 0 Å². The van der Waals surface area contributed by atoms with Gasteiger partial charge in [-0.25, -0.2) is 0 Å². The molecule has 19 heavy (non-hydrogen) atoms. The normalized spacial score (nSPS) is 14.2. The number of rotatable bonds is 4. The van der Waals surface area contributed by atoms with Gasteiger partial charge in [-0.3, -0.25) is 9.79 Å². The van der Waals surface area contributed by atoms with Gasteiger partial charge in [0.05, 0.1) is 6.54 Å². The number of hydrogen-bond acceptors (Lipinski definition) is 4. The molecule has 1 aliphatic rings. The van der Waals surface area contributed by atoms with E-state index in [1.165, 1.54) is 0 Å². The van der Waals surface area contributed by atoms with Crippen LogP contribution in [0, 0.1) is 0 Å². The first kappa shape index (κ1) is 13.9. The molecule has 5 nitrogen and oxygen atoms in total. The van der Waals surface area contributed by atoms with E-state index in [1.54, 1.807) is 12.1 Å². The Bertz CT molecular complexity index is 489. The molecule has 0 atom stereocenters.